The van der Waals surface area contributed by atoms with Crippen molar-refractivity contribution < 1.29 is 9.72 Å². The third kappa shape index (κ3) is 3.27. The van der Waals surface area contributed by atoms with E-state index in [4.69, 9.17) is 12.2 Å². The predicted molar refractivity (Wildman–Crippen MR) is 100 cm³/mol. The number of thiocarbonyl (C=S) groups is 1. The van der Waals surface area contributed by atoms with Crippen LogP contribution in [0.25, 0.3) is 6.08 Å². The summed E-state index contributed by atoms with van der Waals surface area (Å²) in [6, 6.07) is 11.7. The molecular formula is C18H15N3O3S. The summed E-state index contributed by atoms with van der Waals surface area (Å²) in [5.41, 5.74) is 3.67. The van der Waals surface area contributed by atoms with Gasteiger partial charge in [0.2, 0.25) is 0 Å². The molecule has 1 fully saturated rings. The Kier molecular flexibility index (Phi) is 4.33. The molecule has 0 radical (unpaired) electrons. The third-order valence-corrected chi connectivity index (χ3v) is 4.30. The van der Waals surface area contributed by atoms with Crippen LogP contribution in [0.1, 0.15) is 16.7 Å². The molecular weight excluding hydrogens is 338 g/mol. The molecule has 0 unspecified atom stereocenters. The molecule has 1 saturated heterocycles. The van der Waals surface area contributed by atoms with E-state index < -0.39 is 4.92 Å². The number of non-ortho nitro benzene ring substituents is 1. The van der Waals surface area contributed by atoms with Gasteiger partial charge in [0.25, 0.3) is 11.6 Å². The Bertz CT molecular complexity index is 937. The average molecular weight is 353 g/mol. The lowest BCUT2D eigenvalue weighted by atomic mass is 10.1. The number of carbonyl (C=O) groups is 1. The number of nitro benzene ring substituents is 1. The van der Waals surface area contributed by atoms with E-state index in [1.54, 1.807) is 18.2 Å². The second kappa shape index (κ2) is 6.45. The first kappa shape index (κ1) is 16.8. The second-order valence-corrected chi connectivity index (χ2v) is 6.14. The lowest BCUT2D eigenvalue weighted by Crippen LogP contribution is -2.30. The summed E-state index contributed by atoms with van der Waals surface area (Å²) in [7, 11) is 0. The van der Waals surface area contributed by atoms with Crippen molar-refractivity contribution in [3.63, 3.8) is 0 Å². The summed E-state index contributed by atoms with van der Waals surface area (Å²) in [5, 5.41) is 14.0. The number of benzene rings is 2. The maximum absolute atomic E-state index is 12.7. The Morgan fingerprint density at radius 2 is 1.92 bits per heavy atom. The lowest BCUT2D eigenvalue weighted by molar-refractivity contribution is -0.384. The summed E-state index contributed by atoms with van der Waals surface area (Å²) < 4.78 is 0. The summed E-state index contributed by atoms with van der Waals surface area (Å²) >= 11 is 5.28. The molecule has 0 bridgehead atoms. The second-order valence-electron chi connectivity index (χ2n) is 5.75. The minimum atomic E-state index is -0.474. The van der Waals surface area contributed by atoms with Gasteiger partial charge in [-0.1, -0.05) is 18.2 Å². The Morgan fingerprint density at radius 1 is 1.16 bits per heavy atom. The van der Waals surface area contributed by atoms with Crippen molar-refractivity contribution in [1.82, 2.24) is 5.32 Å². The first-order chi connectivity index (χ1) is 11.9. The number of nitrogens with zero attached hydrogens (tertiary/aromatic N) is 2. The maximum Gasteiger partial charge on any atom is 0.281 e. The van der Waals surface area contributed by atoms with Crippen LogP contribution in [-0.4, -0.2) is 15.9 Å². The molecule has 1 N–H and O–H groups in total. The van der Waals surface area contributed by atoms with Crippen molar-refractivity contribution in [2.45, 2.75) is 13.8 Å². The van der Waals surface area contributed by atoms with Gasteiger partial charge in [0, 0.05) is 12.1 Å². The molecule has 0 atom stereocenters. The van der Waals surface area contributed by atoms with E-state index in [1.807, 2.05) is 32.0 Å². The molecule has 1 aliphatic rings. The SMILES string of the molecule is Cc1ccc(N2C(=O)/C(=C\c3cccc([N+](=O)[O-])c3)NC2=S)cc1C. The molecule has 2 aromatic carbocycles. The van der Waals surface area contributed by atoms with Gasteiger partial charge in [0.1, 0.15) is 5.70 Å². The van der Waals surface area contributed by atoms with Crippen LogP contribution in [0, 0.1) is 24.0 Å². The largest absolute Gasteiger partial charge is 0.327 e. The number of amides is 1. The number of carbonyl (C=O) groups excluding carboxylic acids is 1. The number of hydrogen-bond donors (Lipinski definition) is 1. The van der Waals surface area contributed by atoms with Crippen LogP contribution >= 0.6 is 12.2 Å². The number of anilines is 1. The van der Waals surface area contributed by atoms with E-state index >= 15 is 0 Å². The zero-order valence-corrected chi connectivity index (χ0v) is 14.5. The van der Waals surface area contributed by atoms with Gasteiger partial charge in [0.05, 0.1) is 10.6 Å². The van der Waals surface area contributed by atoms with E-state index in [9.17, 15) is 14.9 Å². The molecule has 7 heteroatoms. The molecule has 126 valence electrons. The Morgan fingerprint density at radius 3 is 2.60 bits per heavy atom. The minimum Gasteiger partial charge on any atom is -0.327 e. The van der Waals surface area contributed by atoms with Gasteiger partial charge in [-0.3, -0.25) is 19.8 Å². The zero-order chi connectivity index (χ0) is 18.1. The minimum absolute atomic E-state index is 0.0339. The van der Waals surface area contributed by atoms with Crippen molar-refractivity contribution in [2.24, 2.45) is 0 Å². The molecule has 1 aliphatic heterocycles. The van der Waals surface area contributed by atoms with Crippen LogP contribution in [-0.2, 0) is 4.79 Å². The topological polar surface area (TPSA) is 75.5 Å². The first-order valence-corrected chi connectivity index (χ1v) is 7.96. The summed E-state index contributed by atoms with van der Waals surface area (Å²) in [6.07, 6.45) is 1.56. The van der Waals surface area contributed by atoms with Crippen molar-refractivity contribution >= 4 is 40.7 Å². The van der Waals surface area contributed by atoms with Gasteiger partial charge in [-0.05, 0) is 61.0 Å². The highest BCUT2D eigenvalue weighted by molar-refractivity contribution is 7.80. The normalized spacial score (nSPS) is 15.6. The molecule has 25 heavy (non-hydrogen) atoms. The molecule has 0 aromatic heterocycles. The Balaban J connectivity index is 1.94. The quantitative estimate of drug-likeness (QED) is 0.396. The van der Waals surface area contributed by atoms with Crippen LogP contribution in [0.3, 0.4) is 0 Å². The van der Waals surface area contributed by atoms with Crippen LogP contribution < -0.4 is 10.2 Å². The number of aryl methyl sites for hydroxylation is 2. The van der Waals surface area contributed by atoms with Gasteiger partial charge in [-0.25, -0.2) is 0 Å². The highest BCUT2D eigenvalue weighted by atomic mass is 32.1. The summed E-state index contributed by atoms with van der Waals surface area (Å²) in [5.74, 6) is -0.292. The number of nitrogens with one attached hydrogen (secondary N) is 1. The fourth-order valence-electron chi connectivity index (χ4n) is 2.53. The molecule has 1 heterocycles. The van der Waals surface area contributed by atoms with E-state index in [-0.39, 0.29) is 22.4 Å². The predicted octanol–water partition coefficient (Wildman–Crippen LogP) is 3.47. The van der Waals surface area contributed by atoms with Crippen molar-refractivity contribution in [3.05, 3.63) is 75.0 Å². The smallest absolute Gasteiger partial charge is 0.281 e. The summed E-state index contributed by atoms with van der Waals surface area (Å²) in [4.78, 5) is 24.5. The van der Waals surface area contributed by atoms with E-state index in [1.165, 1.54) is 17.0 Å². The Labute approximate surface area is 149 Å². The lowest BCUT2D eigenvalue weighted by Gasteiger charge is -2.15. The van der Waals surface area contributed by atoms with Crippen molar-refractivity contribution in [2.75, 3.05) is 4.90 Å². The highest BCUT2D eigenvalue weighted by Gasteiger charge is 2.32. The van der Waals surface area contributed by atoms with Crippen LogP contribution in [0.4, 0.5) is 11.4 Å². The van der Waals surface area contributed by atoms with Gasteiger partial charge in [-0.15, -0.1) is 0 Å². The van der Waals surface area contributed by atoms with Crippen LogP contribution in [0.5, 0.6) is 0 Å². The van der Waals surface area contributed by atoms with Gasteiger partial charge >= 0.3 is 0 Å². The van der Waals surface area contributed by atoms with Gasteiger partial charge in [0.15, 0.2) is 5.11 Å². The molecule has 0 spiro atoms. The monoisotopic (exact) mass is 353 g/mol. The number of rotatable bonds is 3. The number of hydrogen-bond acceptors (Lipinski definition) is 4. The fourth-order valence-corrected chi connectivity index (χ4v) is 2.83. The number of nitro groups is 1. The van der Waals surface area contributed by atoms with Crippen LogP contribution in [0.15, 0.2) is 48.2 Å². The van der Waals surface area contributed by atoms with Crippen molar-refractivity contribution in [3.8, 4) is 0 Å². The molecule has 6 nitrogen and oxygen atoms in total. The summed E-state index contributed by atoms with van der Waals surface area (Å²) in [6.45, 7) is 3.96. The van der Waals surface area contributed by atoms with Gasteiger partial charge in [-0.2, -0.15) is 0 Å². The van der Waals surface area contributed by atoms with E-state index in [0.29, 0.717) is 11.3 Å². The van der Waals surface area contributed by atoms with E-state index in [0.717, 1.165) is 11.1 Å². The third-order valence-electron chi connectivity index (χ3n) is 4.02. The molecule has 0 saturated carbocycles. The average Bonchev–Trinajstić information content (AvgIpc) is 2.84. The fraction of sp³-hybridized carbons (Fsp3) is 0.111. The van der Waals surface area contributed by atoms with Crippen molar-refractivity contribution in [1.29, 1.82) is 0 Å². The van der Waals surface area contributed by atoms with E-state index in [2.05, 4.69) is 5.32 Å². The molecule has 0 aliphatic carbocycles. The zero-order valence-electron chi connectivity index (χ0n) is 13.6. The molecule has 3 rings (SSSR count). The maximum atomic E-state index is 12.7. The molecule has 1 amide bonds. The Hall–Kier alpha value is -3.06. The highest BCUT2D eigenvalue weighted by Crippen LogP contribution is 2.25. The standard InChI is InChI=1S/C18H15N3O3S/c1-11-6-7-14(8-12(11)2)20-17(22)16(19-18(20)25)10-13-4-3-5-15(9-13)21(23)24/h3-10H,1-2H3,(H,19,25)/b16-10+. The van der Waals surface area contributed by atoms with Crippen LogP contribution in [0.2, 0.25) is 0 Å². The molecule has 2 aromatic rings. The van der Waals surface area contributed by atoms with Gasteiger partial charge < -0.3 is 5.32 Å². The first-order valence-electron chi connectivity index (χ1n) is 7.55.